The van der Waals surface area contributed by atoms with Gasteiger partial charge >= 0.3 is 12.0 Å². The van der Waals surface area contributed by atoms with Crippen LogP contribution in [0.5, 0.6) is 0 Å². The molecule has 0 heterocycles. The largest absolute Gasteiger partial charge is 0.481 e. The first-order chi connectivity index (χ1) is 7.91. The molecule has 0 aliphatic carbocycles. The maximum Gasteiger partial charge on any atom is 0.315 e. The van der Waals surface area contributed by atoms with Crippen LogP contribution in [0.4, 0.5) is 13.6 Å². The Morgan fingerprint density at radius 1 is 1.41 bits per heavy atom. The molecule has 6 nitrogen and oxygen atoms in total. The smallest absolute Gasteiger partial charge is 0.315 e. The minimum atomic E-state index is -2.53. The Bertz CT molecular complexity index is 251. The minimum Gasteiger partial charge on any atom is -0.481 e. The lowest BCUT2D eigenvalue weighted by atomic mass is 10.2. The van der Waals surface area contributed by atoms with Crippen molar-refractivity contribution in [3.05, 3.63) is 0 Å². The molecule has 1 atom stereocenters. The van der Waals surface area contributed by atoms with E-state index in [0.29, 0.717) is 0 Å². The molecule has 2 amide bonds. The Labute approximate surface area is 97.3 Å². The number of carboxylic acids is 1. The van der Waals surface area contributed by atoms with Crippen LogP contribution >= 0.6 is 0 Å². The molecule has 0 saturated carbocycles. The zero-order valence-electron chi connectivity index (χ0n) is 9.41. The van der Waals surface area contributed by atoms with Gasteiger partial charge in [0, 0.05) is 12.6 Å². The molecule has 17 heavy (non-hydrogen) atoms. The van der Waals surface area contributed by atoms with Crippen molar-refractivity contribution in [1.29, 1.82) is 0 Å². The van der Waals surface area contributed by atoms with E-state index in [-0.39, 0.29) is 19.6 Å². The molecule has 0 spiro atoms. The van der Waals surface area contributed by atoms with E-state index in [1.807, 2.05) is 0 Å². The molecule has 0 aliphatic rings. The van der Waals surface area contributed by atoms with Gasteiger partial charge in [0.15, 0.2) is 0 Å². The van der Waals surface area contributed by atoms with Crippen molar-refractivity contribution in [2.45, 2.75) is 25.8 Å². The van der Waals surface area contributed by atoms with Crippen molar-refractivity contribution in [1.82, 2.24) is 10.6 Å². The standard InChI is InChI=1S/C9H16F2N2O4/c1-6(4-8(14)15)13-9(16)12-2-3-17-5-7(10)11/h6-7H,2-5H2,1H3,(H,14,15)(H2,12,13,16). The number of ether oxygens (including phenoxy) is 1. The van der Waals surface area contributed by atoms with E-state index >= 15 is 0 Å². The van der Waals surface area contributed by atoms with Crippen LogP contribution in [-0.4, -0.2) is 49.3 Å². The molecule has 0 radical (unpaired) electrons. The third kappa shape index (κ3) is 10.8. The molecule has 0 rings (SSSR count). The van der Waals surface area contributed by atoms with E-state index in [9.17, 15) is 18.4 Å². The maximum atomic E-state index is 11.6. The molecule has 0 aromatic rings. The molecule has 0 aliphatic heterocycles. The number of alkyl halides is 2. The van der Waals surface area contributed by atoms with Gasteiger partial charge in [-0.25, -0.2) is 13.6 Å². The number of halogens is 2. The highest BCUT2D eigenvalue weighted by Gasteiger charge is 2.10. The summed E-state index contributed by atoms with van der Waals surface area (Å²) in [6.45, 7) is 0.934. The van der Waals surface area contributed by atoms with Gasteiger partial charge in [-0.05, 0) is 6.92 Å². The summed E-state index contributed by atoms with van der Waals surface area (Å²) in [5.41, 5.74) is 0. The van der Waals surface area contributed by atoms with Gasteiger partial charge < -0.3 is 20.5 Å². The summed E-state index contributed by atoms with van der Waals surface area (Å²) in [4.78, 5) is 21.4. The summed E-state index contributed by atoms with van der Waals surface area (Å²) in [5.74, 6) is -1.02. The van der Waals surface area contributed by atoms with E-state index in [0.717, 1.165) is 0 Å². The van der Waals surface area contributed by atoms with Crippen LogP contribution in [0.25, 0.3) is 0 Å². The molecular weight excluding hydrogens is 238 g/mol. The van der Waals surface area contributed by atoms with Gasteiger partial charge in [0.25, 0.3) is 6.43 Å². The number of rotatable bonds is 8. The molecule has 0 fully saturated rings. The molecule has 0 aromatic carbocycles. The van der Waals surface area contributed by atoms with Crippen LogP contribution in [0.15, 0.2) is 0 Å². The van der Waals surface area contributed by atoms with Crippen LogP contribution in [0, 0.1) is 0 Å². The average Bonchev–Trinajstić information content (AvgIpc) is 2.14. The summed E-state index contributed by atoms with van der Waals surface area (Å²) < 4.78 is 27.8. The molecule has 0 saturated heterocycles. The quantitative estimate of drug-likeness (QED) is 0.548. The zero-order chi connectivity index (χ0) is 13.3. The number of hydrogen-bond acceptors (Lipinski definition) is 3. The molecular formula is C9H16F2N2O4. The number of hydrogen-bond donors (Lipinski definition) is 3. The van der Waals surface area contributed by atoms with Gasteiger partial charge in [-0.1, -0.05) is 0 Å². The second kappa shape index (κ2) is 8.68. The third-order valence-electron chi connectivity index (χ3n) is 1.63. The van der Waals surface area contributed by atoms with Crippen molar-refractivity contribution in [3.63, 3.8) is 0 Å². The highest BCUT2D eigenvalue weighted by atomic mass is 19.3. The Hall–Kier alpha value is -1.44. The van der Waals surface area contributed by atoms with Gasteiger partial charge in [-0.3, -0.25) is 4.79 Å². The lowest BCUT2D eigenvalue weighted by molar-refractivity contribution is -0.137. The second-order valence-corrected chi connectivity index (χ2v) is 3.37. The first kappa shape index (κ1) is 15.6. The first-order valence-electron chi connectivity index (χ1n) is 5.04. The summed E-state index contributed by atoms with van der Waals surface area (Å²) >= 11 is 0. The van der Waals surface area contributed by atoms with Gasteiger partial charge in [0.05, 0.1) is 13.0 Å². The van der Waals surface area contributed by atoms with Crippen molar-refractivity contribution < 1.29 is 28.2 Å². The summed E-state index contributed by atoms with van der Waals surface area (Å²) in [7, 11) is 0. The first-order valence-corrected chi connectivity index (χ1v) is 5.04. The van der Waals surface area contributed by atoms with E-state index in [4.69, 9.17) is 5.11 Å². The Balaban J connectivity index is 3.49. The summed E-state index contributed by atoms with van der Waals surface area (Å²) in [6.07, 6.45) is -2.71. The fraction of sp³-hybridized carbons (Fsp3) is 0.778. The fourth-order valence-electron chi connectivity index (χ4n) is 0.997. The Morgan fingerprint density at radius 3 is 2.59 bits per heavy atom. The van der Waals surface area contributed by atoms with Crippen LogP contribution in [0.3, 0.4) is 0 Å². The fourth-order valence-corrected chi connectivity index (χ4v) is 0.997. The van der Waals surface area contributed by atoms with Crippen LogP contribution < -0.4 is 10.6 Å². The number of amides is 2. The number of carbonyl (C=O) groups is 2. The van der Waals surface area contributed by atoms with Gasteiger partial charge in [-0.2, -0.15) is 0 Å². The number of nitrogens with one attached hydrogen (secondary N) is 2. The Morgan fingerprint density at radius 2 is 2.06 bits per heavy atom. The molecule has 100 valence electrons. The van der Waals surface area contributed by atoms with Crippen LogP contribution in [-0.2, 0) is 9.53 Å². The van der Waals surface area contributed by atoms with E-state index in [1.165, 1.54) is 0 Å². The molecule has 8 heteroatoms. The van der Waals surface area contributed by atoms with Crippen LogP contribution in [0.2, 0.25) is 0 Å². The van der Waals surface area contributed by atoms with E-state index < -0.39 is 31.1 Å². The number of carboxylic acid groups (broad SMARTS) is 1. The minimum absolute atomic E-state index is 0.0227. The number of aliphatic carboxylic acids is 1. The predicted octanol–water partition coefficient (Wildman–Crippen LogP) is 0.431. The lowest BCUT2D eigenvalue weighted by Gasteiger charge is -2.12. The van der Waals surface area contributed by atoms with Gasteiger partial charge in [-0.15, -0.1) is 0 Å². The summed E-state index contributed by atoms with van der Waals surface area (Å²) in [5, 5.41) is 13.2. The van der Waals surface area contributed by atoms with Gasteiger partial charge in [0.2, 0.25) is 0 Å². The predicted molar refractivity (Wildman–Crippen MR) is 55.1 cm³/mol. The molecule has 0 bridgehead atoms. The van der Waals surface area contributed by atoms with E-state index in [2.05, 4.69) is 15.4 Å². The van der Waals surface area contributed by atoms with Crippen LogP contribution in [0.1, 0.15) is 13.3 Å². The Kier molecular flexibility index (Phi) is 7.95. The number of carbonyl (C=O) groups excluding carboxylic acids is 1. The normalized spacial score (nSPS) is 12.2. The van der Waals surface area contributed by atoms with Crippen molar-refractivity contribution in [3.8, 4) is 0 Å². The van der Waals surface area contributed by atoms with E-state index in [1.54, 1.807) is 6.92 Å². The molecule has 0 aromatic heterocycles. The van der Waals surface area contributed by atoms with Crippen molar-refractivity contribution in [2.24, 2.45) is 0 Å². The third-order valence-corrected chi connectivity index (χ3v) is 1.63. The highest BCUT2D eigenvalue weighted by Crippen LogP contribution is 1.91. The topological polar surface area (TPSA) is 87.7 Å². The number of urea groups is 1. The highest BCUT2D eigenvalue weighted by molar-refractivity contribution is 5.75. The zero-order valence-corrected chi connectivity index (χ0v) is 9.41. The maximum absolute atomic E-state index is 11.6. The molecule has 1 unspecified atom stereocenters. The average molecular weight is 254 g/mol. The summed E-state index contributed by atoms with van der Waals surface area (Å²) in [6, 6.07) is -1.06. The molecule has 3 N–H and O–H groups in total. The monoisotopic (exact) mass is 254 g/mol. The van der Waals surface area contributed by atoms with Gasteiger partial charge in [0.1, 0.15) is 6.61 Å². The SMILES string of the molecule is CC(CC(=O)O)NC(=O)NCCOCC(F)F. The second-order valence-electron chi connectivity index (χ2n) is 3.37. The van der Waals surface area contributed by atoms with Crippen molar-refractivity contribution in [2.75, 3.05) is 19.8 Å². The van der Waals surface area contributed by atoms with Crippen molar-refractivity contribution >= 4 is 12.0 Å². The lowest BCUT2D eigenvalue weighted by Crippen LogP contribution is -2.42.